The summed E-state index contributed by atoms with van der Waals surface area (Å²) in [5, 5.41) is 4.56. The van der Waals surface area contributed by atoms with Crippen LogP contribution in [0.1, 0.15) is 12.2 Å². The van der Waals surface area contributed by atoms with Crippen molar-refractivity contribution in [3.63, 3.8) is 0 Å². The third-order valence-electron chi connectivity index (χ3n) is 4.40. The van der Waals surface area contributed by atoms with Gasteiger partial charge in [0.2, 0.25) is 16.6 Å². The third kappa shape index (κ3) is 4.20. The Bertz CT molecular complexity index is 779. The van der Waals surface area contributed by atoms with Crippen molar-refractivity contribution >= 4 is 24.1 Å². The van der Waals surface area contributed by atoms with E-state index in [0.717, 1.165) is 38.0 Å². The van der Waals surface area contributed by atoms with Crippen molar-refractivity contribution in [2.75, 3.05) is 31.1 Å². The van der Waals surface area contributed by atoms with E-state index in [0.29, 0.717) is 17.9 Å². The number of primary amides is 1. The van der Waals surface area contributed by atoms with Gasteiger partial charge in [0.1, 0.15) is 5.82 Å². The molecule has 1 aliphatic heterocycles. The first-order valence-corrected chi connectivity index (χ1v) is 8.72. The topological polar surface area (TPSA) is 99.3 Å². The number of anilines is 1. The molecule has 0 aliphatic carbocycles. The highest BCUT2D eigenvalue weighted by Crippen LogP contribution is 2.05. The fraction of sp³-hybridized carbons (Fsp3) is 0.533. The SMILES string of the molecule is Cn1c(CCC(N)=O)nn(C[NH+]2CCN(c3ncccn3)CC2)c1=S. The molecule has 10 heteroatoms. The predicted octanol–water partition coefficient (Wildman–Crippen LogP) is -1.48. The number of piperazine rings is 1. The Hall–Kier alpha value is -2.33. The van der Waals surface area contributed by atoms with Crippen LogP contribution in [0.15, 0.2) is 18.5 Å². The maximum absolute atomic E-state index is 11.0. The lowest BCUT2D eigenvalue weighted by molar-refractivity contribution is -0.924. The molecule has 9 nitrogen and oxygen atoms in total. The van der Waals surface area contributed by atoms with E-state index in [9.17, 15) is 4.79 Å². The van der Waals surface area contributed by atoms with Gasteiger partial charge in [-0.05, 0) is 18.3 Å². The average molecular weight is 363 g/mol. The third-order valence-corrected chi connectivity index (χ3v) is 4.89. The molecule has 2 aromatic rings. The van der Waals surface area contributed by atoms with Crippen LogP contribution >= 0.6 is 12.2 Å². The van der Waals surface area contributed by atoms with Crippen molar-refractivity contribution in [3.8, 4) is 0 Å². The number of carbonyl (C=O) groups excluding carboxylic acids is 1. The molecule has 0 radical (unpaired) electrons. The molecule has 3 rings (SSSR count). The van der Waals surface area contributed by atoms with Crippen molar-refractivity contribution in [2.24, 2.45) is 12.8 Å². The number of aryl methyl sites for hydroxylation is 1. The number of carbonyl (C=O) groups is 1. The Morgan fingerprint density at radius 2 is 2.00 bits per heavy atom. The van der Waals surface area contributed by atoms with Crippen LogP contribution in [0.25, 0.3) is 0 Å². The minimum absolute atomic E-state index is 0.280. The first-order valence-electron chi connectivity index (χ1n) is 8.31. The van der Waals surface area contributed by atoms with Gasteiger partial charge in [-0.3, -0.25) is 4.79 Å². The van der Waals surface area contributed by atoms with E-state index >= 15 is 0 Å². The van der Waals surface area contributed by atoms with Gasteiger partial charge in [0.15, 0.2) is 6.67 Å². The number of nitrogens with one attached hydrogen (secondary N) is 1. The van der Waals surface area contributed by atoms with E-state index in [1.807, 2.05) is 22.4 Å². The Kier molecular flexibility index (Phi) is 5.39. The normalized spacial score (nSPS) is 15.5. The number of rotatable bonds is 6. The molecule has 0 atom stereocenters. The molecule has 0 saturated carbocycles. The highest BCUT2D eigenvalue weighted by molar-refractivity contribution is 7.71. The predicted molar refractivity (Wildman–Crippen MR) is 94.5 cm³/mol. The Labute approximate surface area is 151 Å². The second kappa shape index (κ2) is 7.70. The van der Waals surface area contributed by atoms with Gasteiger partial charge in [0.05, 0.1) is 26.2 Å². The minimum atomic E-state index is -0.328. The van der Waals surface area contributed by atoms with Gasteiger partial charge in [0.25, 0.3) is 0 Å². The fourth-order valence-electron chi connectivity index (χ4n) is 2.94. The molecule has 25 heavy (non-hydrogen) atoms. The van der Waals surface area contributed by atoms with Gasteiger partial charge < -0.3 is 20.1 Å². The molecule has 134 valence electrons. The summed E-state index contributed by atoms with van der Waals surface area (Å²) in [6.07, 6.45) is 4.32. The first kappa shape index (κ1) is 17.5. The lowest BCUT2D eigenvalue weighted by Crippen LogP contribution is -3.14. The lowest BCUT2D eigenvalue weighted by Gasteiger charge is -2.31. The zero-order valence-corrected chi connectivity index (χ0v) is 15.1. The van der Waals surface area contributed by atoms with Crippen LogP contribution in [0.4, 0.5) is 5.95 Å². The summed E-state index contributed by atoms with van der Waals surface area (Å²) in [6, 6.07) is 1.82. The molecule has 2 aromatic heterocycles. The van der Waals surface area contributed by atoms with Crippen LogP contribution in [0.2, 0.25) is 0 Å². The number of quaternary nitrogens is 1. The molecule has 3 N–H and O–H groups in total. The zero-order chi connectivity index (χ0) is 17.8. The zero-order valence-electron chi connectivity index (χ0n) is 14.3. The quantitative estimate of drug-likeness (QED) is 0.608. The van der Waals surface area contributed by atoms with Gasteiger partial charge in [-0.15, -0.1) is 0 Å². The van der Waals surface area contributed by atoms with Crippen molar-refractivity contribution in [1.82, 2.24) is 24.3 Å². The van der Waals surface area contributed by atoms with E-state index < -0.39 is 0 Å². The van der Waals surface area contributed by atoms with E-state index in [4.69, 9.17) is 18.0 Å². The molecule has 0 bridgehead atoms. The van der Waals surface area contributed by atoms with E-state index in [-0.39, 0.29) is 12.3 Å². The monoisotopic (exact) mass is 363 g/mol. The fourth-order valence-corrected chi connectivity index (χ4v) is 3.15. The second-order valence-corrected chi connectivity index (χ2v) is 6.53. The number of hydrogen-bond acceptors (Lipinski definition) is 6. The summed E-state index contributed by atoms with van der Waals surface area (Å²) in [5.41, 5.74) is 5.22. The Morgan fingerprint density at radius 1 is 1.32 bits per heavy atom. The summed E-state index contributed by atoms with van der Waals surface area (Å²) in [5.74, 6) is 1.25. The minimum Gasteiger partial charge on any atom is -0.370 e. The smallest absolute Gasteiger partial charge is 0.225 e. The molecule has 3 heterocycles. The number of nitrogens with zero attached hydrogens (tertiary/aromatic N) is 6. The van der Waals surface area contributed by atoms with Crippen LogP contribution in [-0.2, 0) is 24.9 Å². The second-order valence-electron chi connectivity index (χ2n) is 6.17. The van der Waals surface area contributed by atoms with Crippen LogP contribution in [0.3, 0.4) is 0 Å². The summed E-state index contributed by atoms with van der Waals surface area (Å²) < 4.78 is 4.36. The number of nitrogens with two attached hydrogens (primary N) is 1. The number of hydrogen-bond donors (Lipinski definition) is 2. The number of amides is 1. The van der Waals surface area contributed by atoms with Gasteiger partial charge in [-0.25, -0.2) is 9.97 Å². The highest BCUT2D eigenvalue weighted by Gasteiger charge is 2.22. The molecular formula is C15H23N8OS+. The number of aromatic nitrogens is 5. The molecule has 1 saturated heterocycles. The van der Waals surface area contributed by atoms with Crippen molar-refractivity contribution in [1.29, 1.82) is 0 Å². The molecule has 0 spiro atoms. The highest BCUT2D eigenvalue weighted by atomic mass is 32.1. The van der Waals surface area contributed by atoms with Gasteiger partial charge in [0, 0.05) is 32.3 Å². The summed E-state index contributed by atoms with van der Waals surface area (Å²) in [4.78, 5) is 23.2. The van der Waals surface area contributed by atoms with Gasteiger partial charge >= 0.3 is 0 Å². The van der Waals surface area contributed by atoms with Gasteiger partial charge in [-0.1, -0.05) is 0 Å². The molecule has 1 aliphatic rings. The maximum atomic E-state index is 11.0. The van der Waals surface area contributed by atoms with Crippen LogP contribution in [-0.4, -0.2) is 56.4 Å². The Balaban J connectivity index is 1.59. The van der Waals surface area contributed by atoms with Crippen LogP contribution < -0.4 is 15.5 Å². The molecule has 0 aromatic carbocycles. The summed E-state index contributed by atoms with van der Waals surface area (Å²) in [7, 11) is 1.88. The summed E-state index contributed by atoms with van der Waals surface area (Å²) >= 11 is 5.47. The van der Waals surface area contributed by atoms with Crippen LogP contribution in [0, 0.1) is 4.77 Å². The van der Waals surface area contributed by atoms with Crippen molar-refractivity contribution in [2.45, 2.75) is 19.5 Å². The molecular weight excluding hydrogens is 340 g/mol. The maximum Gasteiger partial charge on any atom is 0.225 e. The Morgan fingerprint density at radius 3 is 2.64 bits per heavy atom. The molecule has 1 amide bonds. The van der Waals surface area contributed by atoms with Crippen molar-refractivity contribution < 1.29 is 9.69 Å². The first-order chi connectivity index (χ1) is 12.0. The average Bonchev–Trinajstić information content (AvgIpc) is 2.89. The summed E-state index contributed by atoms with van der Waals surface area (Å²) in [6.45, 7) is 4.44. The standard InChI is InChI=1S/C15H22N8OS/c1-20-13(4-3-12(16)24)19-23(15(20)25)11-21-7-9-22(10-8-21)14-17-5-2-6-18-14/h2,5-6H,3-4,7-11H2,1H3,(H2,16,24)/p+1. The largest absolute Gasteiger partial charge is 0.370 e. The van der Waals surface area contributed by atoms with Crippen LogP contribution in [0.5, 0.6) is 0 Å². The van der Waals surface area contributed by atoms with E-state index in [1.165, 1.54) is 4.90 Å². The lowest BCUT2D eigenvalue weighted by atomic mass is 10.3. The van der Waals surface area contributed by atoms with Crippen molar-refractivity contribution in [3.05, 3.63) is 29.1 Å². The molecule has 1 fully saturated rings. The van der Waals surface area contributed by atoms with E-state index in [1.54, 1.807) is 12.4 Å². The molecule has 0 unspecified atom stereocenters. The van der Waals surface area contributed by atoms with Gasteiger partial charge in [-0.2, -0.15) is 9.78 Å². The van der Waals surface area contributed by atoms with E-state index in [2.05, 4.69) is 20.0 Å².